The molecule has 3 rings (SSSR count). The smallest absolute Gasteiger partial charge is 0.348 e. The van der Waals surface area contributed by atoms with Crippen molar-refractivity contribution in [2.24, 2.45) is 0 Å². The second-order valence-corrected chi connectivity index (χ2v) is 9.90. The van der Waals surface area contributed by atoms with Gasteiger partial charge in [0, 0.05) is 27.3 Å². The fourth-order valence-electron chi connectivity index (χ4n) is 3.17. The summed E-state index contributed by atoms with van der Waals surface area (Å²) in [6.45, 7) is 1.23. The largest absolute Gasteiger partial charge is 0.436 e. The Hall–Kier alpha value is -1.92. The Balaban J connectivity index is 2.26. The highest BCUT2D eigenvalue weighted by Gasteiger charge is 2.60. The average Bonchev–Trinajstić information content (AvgIpc) is 2.74. The fraction of sp³-hybridized carbons (Fsp3) is 0.182. The van der Waals surface area contributed by atoms with Crippen molar-refractivity contribution in [3.63, 3.8) is 0 Å². The first kappa shape index (κ1) is 22.8. The highest BCUT2D eigenvalue weighted by molar-refractivity contribution is 9.10. The predicted molar refractivity (Wildman–Crippen MR) is 116 cm³/mol. The van der Waals surface area contributed by atoms with Crippen molar-refractivity contribution in [1.82, 2.24) is 5.09 Å². The van der Waals surface area contributed by atoms with Crippen LogP contribution in [0, 0.1) is 0 Å². The number of hydrogen-bond acceptors (Lipinski definition) is 2. The van der Waals surface area contributed by atoms with Gasteiger partial charge in [0.05, 0.1) is 0 Å². The molecule has 0 saturated carbocycles. The van der Waals surface area contributed by atoms with Crippen molar-refractivity contribution >= 4 is 33.8 Å². The lowest BCUT2D eigenvalue weighted by molar-refractivity contribution is -0.289. The number of alkyl halides is 3. The molecule has 0 amide bonds. The molecule has 3 nitrogen and oxygen atoms in total. The fourth-order valence-corrected chi connectivity index (χ4v) is 5.93. The molecule has 0 spiro atoms. The van der Waals surface area contributed by atoms with Crippen LogP contribution in [-0.4, -0.2) is 12.8 Å². The third-order valence-electron chi connectivity index (χ3n) is 4.57. The zero-order valence-corrected chi connectivity index (χ0v) is 18.5. The van der Waals surface area contributed by atoms with Crippen LogP contribution in [0.4, 0.5) is 13.2 Å². The molecule has 0 aliphatic heterocycles. The summed E-state index contributed by atoms with van der Waals surface area (Å²) in [5, 5.41) is 2.95. The van der Waals surface area contributed by atoms with Crippen molar-refractivity contribution in [2.75, 3.05) is 6.61 Å². The van der Waals surface area contributed by atoms with Crippen LogP contribution in [-0.2, 0) is 15.0 Å². The predicted octanol–water partition coefficient (Wildman–Crippen LogP) is 5.72. The summed E-state index contributed by atoms with van der Waals surface area (Å²) in [4.78, 5) is 0. The zero-order chi connectivity index (χ0) is 21.8. The van der Waals surface area contributed by atoms with Crippen LogP contribution in [0.3, 0.4) is 0 Å². The number of nitrogens with one attached hydrogen (secondary N) is 1. The van der Waals surface area contributed by atoms with Gasteiger partial charge in [-0.05, 0) is 43.3 Å². The molecule has 0 saturated heterocycles. The lowest BCUT2D eigenvalue weighted by Gasteiger charge is -2.39. The highest BCUT2D eigenvalue weighted by atomic mass is 79.9. The van der Waals surface area contributed by atoms with Gasteiger partial charge in [-0.25, -0.2) is 5.09 Å². The quantitative estimate of drug-likeness (QED) is 0.335. The summed E-state index contributed by atoms with van der Waals surface area (Å²) in [5.74, 6) is 0. The molecular weight excluding hydrogens is 478 g/mol. The van der Waals surface area contributed by atoms with Crippen LogP contribution < -0.4 is 15.7 Å². The van der Waals surface area contributed by atoms with E-state index in [0.717, 1.165) is 0 Å². The van der Waals surface area contributed by atoms with Gasteiger partial charge in [-0.3, -0.25) is 4.57 Å². The van der Waals surface area contributed by atoms with E-state index in [-0.39, 0.29) is 22.8 Å². The third kappa shape index (κ3) is 4.40. The number of hydrogen-bond donors (Lipinski definition) is 1. The van der Waals surface area contributed by atoms with Crippen molar-refractivity contribution < 1.29 is 22.5 Å². The molecular formula is C22H20BrF3NO2P. The molecule has 158 valence electrons. The molecule has 30 heavy (non-hydrogen) atoms. The van der Waals surface area contributed by atoms with Crippen LogP contribution in [0.25, 0.3) is 0 Å². The van der Waals surface area contributed by atoms with Crippen LogP contribution in [0.1, 0.15) is 12.5 Å². The average molecular weight is 498 g/mol. The van der Waals surface area contributed by atoms with Gasteiger partial charge in [0.1, 0.15) is 0 Å². The lowest BCUT2D eigenvalue weighted by atomic mass is 10.0. The molecule has 1 N–H and O–H groups in total. The van der Waals surface area contributed by atoms with E-state index in [1.165, 1.54) is 31.2 Å². The van der Waals surface area contributed by atoms with E-state index in [2.05, 4.69) is 21.0 Å². The molecule has 0 aliphatic rings. The van der Waals surface area contributed by atoms with E-state index in [1.54, 1.807) is 60.7 Å². The van der Waals surface area contributed by atoms with Crippen molar-refractivity contribution in [3.8, 4) is 0 Å². The standard InChI is InChI=1S/C22H20BrF3NO2P/c1-2-29-21(22(24,25)26,17-13-15-18(23)16-14-17)27-30(28,19-9-5-3-6-10-19)20-11-7-4-8-12-20/h3-16H,2H2,1H3,(H,27,28). The maximum Gasteiger partial charge on any atom is 0.436 e. The molecule has 0 aromatic heterocycles. The van der Waals surface area contributed by atoms with E-state index in [4.69, 9.17) is 4.74 Å². The minimum atomic E-state index is -4.89. The monoisotopic (exact) mass is 497 g/mol. The van der Waals surface area contributed by atoms with E-state index in [1.807, 2.05) is 0 Å². The van der Waals surface area contributed by atoms with Crippen LogP contribution in [0.2, 0.25) is 0 Å². The first-order valence-corrected chi connectivity index (χ1v) is 11.7. The van der Waals surface area contributed by atoms with E-state index >= 15 is 0 Å². The molecule has 0 radical (unpaired) electrons. The van der Waals surface area contributed by atoms with Gasteiger partial charge in [0.25, 0.3) is 0 Å². The summed E-state index contributed by atoms with van der Waals surface area (Å²) in [5.41, 5.74) is -3.16. The zero-order valence-electron chi connectivity index (χ0n) is 16.1. The van der Waals surface area contributed by atoms with Gasteiger partial charge in [0.2, 0.25) is 13.0 Å². The van der Waals surface area contributed by atoms with Gasteiger partial charge in [0.15, 0.2) is 0 Å². The van der Waals surface area contributed by atoms with Gasteiger partial charge in [-0.1, -0.05) is 64.5 Å². The summed E-state index contributed by atoms with van der Waals surface area (Å²) < 4.78 is 64.0. The summed E-state index contributed by atoms with van der Waals surface area (Å²) in [6.07, 6.45) is -4.89. The molecule has 3 aromatic carbocycles. The van der Waals surface area contributed by atoms with Crippen LogP contribution in [0.5, 0.6) is 0 Å². The molecule has 0 aliphatic carbocycles. The SMILES string of the molecule is CCOC(NP(=O)(c1ccccc1)c1ccccc1)(c1ccc(Br)cc1)C(F)(F)F. The van der Waals surface area contributed by atoms with E-state index < -0.39 is 19.2 Å². The molecule has 0 bridgehead atoms. The number of rotatable bonds is 7. The Kier molecular flexibility index (Phi) is 6.88. The van der Waals surface area contributed by atoms with Crippen molar-refractivity contribution in [1.29, 1.82) is 0 Å². The third-order valence-corrected chi connectivity index (χ3v) is 7.77. The maximum absolute atomic E-state index is 14.6. The summed E-state index contributed by atoms with van der Waals surface area (Å²) in [6, 6.07) is 21.8. The van der Waals surface area contributed by atoms with Gasteiger partial charge in [-0.15, -0.1) is 0 Å². The minimum Gasteiger partial charge on any atom is -0.348 e. The first-order chi connectivity index (χ1) is 14.2. The second-order valence-electron chi connectivity index (χ2n) is 6.51. The second kappa shape index (κ2) is 9.06. The lowest BCUT2D eigenvalue weighted by Crippen LogP contribution is -2.56. The topological polar surface area (TPSA) is 38.3 Å². The van der Waals surface area contributed by atoms with E-state index in [0.29, 0.717) is 4.47 Å². The van der Waals surface area contributed by atoms with Gasteiger partial charge < -0.3 is 4.74 Å². The molecule has 3 aromatic rings. The van der Waals surface area contributed by atoms with E-state index in [9.17, 15) is 17.7 Å². The molecule has 8 heteroatoms. The molecule has 1 unspecified atom stereocenters. The Bertz CT molecular complexity index is 971. The summed E-state index contributed by atoms with van der Waals surface area (Å²) in [7, 11) is -3.96. The number of benzene rings is 3. The van der Waals surface area contributed by atoms with Crippen LogP contribution >= 0.6 is 23.2 Å². The molecule has 0 heterocycles. The van der Waals surface area contributed by atoms with Gasteiger partial charge in [-0.2, -0.15) is 13.2 Å². The number of halogens is 4. The molecule has 0 fully saturated rings. The normalized spacial score (nSPS) is 14.3. The Morgan fingerprint density at radius 2 is 1.33 bits per heavy atom. The molecule has 1 atom stereocenters. The Morgan fingerprint density at radius 1 is 0.867 bits per heavy atom. The highest BCUT2D eigenvalue weighted by Crippen LogP contribution is 2.50. The van der Waals surface area contributed by atoms with Crippen molar-refractivity contribution in [2.45, 2.75) is 18.8 Å². The maximum atomic E-state index is 14.6. The number of ether oxygens (including phenoxy) is 1. The Labute approximate surface area is 181 Å². The van der Waals surface area contributed by atoms with Crippen molar-refractivity contribution in [3.05, 3.63) is 95.0 Å². The van der Waals surface area contributed by atoms with Gasteiger partial charge >= 0.3 is 6.18 Å². The Morgan fingerprint density at radius 3 is 1.73 bits per heavy atom. The first-order valence-electron chi connectivity index (χ1n) is 9.20. The summed E-state index contributed by atoms with van der Waals surface area (Å²) >= 11 is 3.24. The minimum absolute atomic E-state index is 0.188. The van der Waals surface area contributed by atoms with Crippen LogP contribution in [0.15, 0.2) is 89.4 Å².